The van der Waals surface area contributed by atoms with Gasteiger partial charge in [-0.1, -0.05) is 6.07 Å². The van der Waals surface area contributed by atoms with Gasteiger partial charge in [0.1, 0.15) is 0 Å². The Hall–Kier alpha value is -2.05. The third-order valence-corrected chi connectivity index (χ3v) is 5.02. The van der Waals surface area contributed by atoms with Crippen LogP contribution in [0.2, 0.25) is 0 Å². The number of aromatic nitrogens is 3. The molecule has 0 amide bonds. The van der Waals surface area contributed by atoms with Gasteiger partial charge in [-0.3, -0.25) is 9.88 Å². The lowest BCUT2D eigenvalue weighted by Gasteiger charge is -2.35. The Kier molecular flexibility index (Phi) is 4.66. The molecule has 4 heterocycles. The summed E-state index contributed by atoms with van der Waals surface area (Å²) in [5, 5.41) is 3.30. The SMILES string of the molecule is c1ccc(CN2CC[C@@H]3[C@@H](CO[C@H]3CNc3ncccn3)C2)nc1. The Labute approximate surface area is 142 Å². The van der Waals surface area contributed by atoms with Gasteiger partial charge in [0.15, 0.2) is 0 Å². The topological polar surface area (TPSA) is 63.2 Å². The van der Waals surface area contributed by atoms with Gasteiger partial charge in [-0.15, -0.1) is 0 Å². The Morgan fingerprint density at radius 1 is 1.12 bits per heavy atom. The van der Waals surface area contributed by atoms with Crippen molar-refractivity contribution in [2.24, 2.45) is 11.8 Å². The second kappa shape index (κ2) is 7.23. The van der Waals surface area contributed by atoms with Crippen LogP contribution in [0.1, 0.15) is 12.1 Å². The number of hydrogen-bond donors (Lipinski definition) is 1. The maximum absolute atomic E-state index is 6.06. The molecule has 0 unspecified atom stereocenters. The summed E-state index contributed by atoms with van der Waals surface area (Å²) >= 11 is 0. The van der Waals surface area contributed by atoms with Gasteiger partial charge in [-0.05, 0) is 37.1 Å². The molecule has 4 rings (SSSR count). The standard InChI is InChI=1S/C18H23N5O/c1-2-6-19-15(4-1)12-23-9-5-16-14(11-23)13-24-17(16)10-22-18-20-7-3-8-21-18/h1-4,6-8,14,16-17H,5,9-13H2,(H,20,21,22)/t14-,16-,17+/m1/s1. The summed E-state index contributed by atoms with van der Waals surface area (Å²) in [5.74, 6) is 1.92. The molecule has 6 nitrogen and oxygen atoms in total. The first-order valence-corrected chi connectivity index (χ1v) is 8.63. The van der Waals surface area contributed by atoms with Crippen molar-refractivity contribution in [1.29, 1.82) is 0 Å². The van der Waals surface area contributed by atoms with Gasteiger partial charge < -0.3 is 10.1 Å². The minimum atomic E-state index is 0.260. The number of pyridine rings is 1. The molecule has 2 saturated heterocycles. The molecule has 0 radical (unpaired) electrons. The van der Waals surface area contributed by atoms with Crippen molar-refractivity contribution >= 4 is 5.95 Å². The van der Waals surface area contributed by atoms with Crippen molar-refractivity contribution in [1.82, 2.24) is 19.9 Å². The normalized spacial score (nSPS) is 26.9. The van der Waals surface area contributed by atoms with E-state index in [0.717, 1.165) is 38.5 Å². The van der Waals surface area contributed by atoms with Crippen LogP contribution in [0.3, 0.4) is 0 Å². The van der Waals surface area contributed by atoms with Crippen molar-refractivity contribution in [2.45, 2.75) is 19.1 Å². The fourth-order valence-electron chi connectivity index (χ4n) is 3.82. The molecule has 0 aromatic carbocycles. The van der Waals surface area contributed by atoms with Gasteiger partial charge in [0.25, 0.3) is 0 Å². The number of piperidine rings is 1. The zero-order chi connectivity index (χ0) is 16.2. The number of rotatable bonds is 5. The predicted molar refractivity (Wildman–Crippen MR) is 91.4 cm³/mol. The smallest absolute Gasteiger partial charge is 0.222 e. The zero-order valence-electron chi connectivity index (χ0n) is 13.7. The number of anilines is 1. The van der Waals surface area contributed by atoms with Gasteiger partial charge in [0.2, 0.25) is 5.95 Å². The lowest BCUT2D eigenvalue weighted by atomic mass is 9.84. The molecule has 2 aromatic heterocycles. The van der Waals surface area contributed by atoms with Crippen molar-refractivity contribution in [3.63, 3.8) is 0 Å². The van der Waals surface area contributed by atoms with Gasteiger partial charge in [-0.2, -0.15) is 0 Å². The van der Waals surface area contributed by atoms with Crippen LogP contribution in [0.4, 0.5) is 5.95 Å². The van der Waals surface area contributed by atoms with E-state index < -0.39 is 0 Å². The Bertz CT molecular complexity index is 638. The van der Waals surface area contributed by atoms with Crippen LogP contribution in [-0.4, -0.2) is 52.2 Å². The zero-order valence-corrected chi connectivity index (χ0v) is 13.7. The predicted octanol–water partition coefficient (Wildman–Crippen LogP) is 1.82. The Morgan fingerprint density at radius 3 is 2.83 bits per heavy atom. The summed E-state index contributed by atoms with van der Waals surface area (Å²) in [6.07, 6.45) is 6.82. The molecule has 0 aliphatic carbocycles. The average molecular weight is 325 g/mol. The highest BCUT2D eigenvalue weighted by Crippen LogP contribution is 2.34. The molecule has 2 aliphatic heterocycles. The van der Waals surface area contributed by atoms with Gasteiger partial charge >= 0.3 is 0 Å². The van der Waals surface area contributed by atoms with E-state index in [2.05, 4.69) is 37.3 Å². The van der Waals surface area contributed by atoms with Crippen LogP contribution in [0.15, 0.2) is 42.9 Å². The minimum Gasteiger partial charge on any atom is -0.376 e. The second-order valence-electron chi connectivity index (χ2n) is 6.59. The first-order chi connectivity index (χ1) is 11.9. The summed E-state index contributed by atoms with van der Waals surface area (Å²) < 4.78 is 6.06. The monoisotopic (exact) mass is 325 g/mol. The van der Waals surface area contributed by atoms with Gasteiger partial charge in [0.05, 0.1) is 18.4 Å². The number of hydrogen-bond acceptors (Lipinski definition) is 6. The molecule has 0 bridgehead atoms. The molecule has 0 saturated carbocycles. The third-order valence-electron chi connectivity index (χ3n) is 5.02. The second-order valence-corrected chi connectivity index (χ2v) is 6.59. The fraction of sp³-hybridized carbons (Fsp3) is 0.500. The highest BCUT2D eigenvalue weighted by Gasteiger charge is 2.40. The van der Waals surface area contributed by atoms with E-state index in [4.69, 9.17) is 4.74 Å². The molecule has 2 fully saturated rings. The van der Waals surface area contributed by atoms with Crippen LogP contribution in [0.5, 0.6) is 0 Å². The van der Waals surface area contributed by atoms with E-state index in [1.807, 2.05) is 18.3 Å². The van der Waals surface area contributed by atoms with Gasteiger partial charge in [0, 0.05) is 44.1 Å². The van der Waals surface area contributed by atoms with Crippen molar-refractivity contribution in [2.75, 3.05) is 31.6 Å². The van der Waals surface area contributed by atoms with E-state index in [1.165, 1.54) is 6.42 Å². The summed E-state index contributed by atoms with van der Waals surface area (Å²) in [6.45, 7) is 4.78. The largest absolute Gasteiger partial charge is 0.376 e. The van der Waals surface area contributed by atoms with Crippen LogP contribution < -0.4 is 5.32 Å². The molecule has 126 valence electrons. The summed E-state index contributed by atoms with van der Waals surface area (Å²) in [7, 11) is 0. The van der Waals surface area contributed by atoms with E-state index in [1.54, 1.807) is 12.4 Å². The molecular formula is C18H23N5O. The lowest BCUT2D eigenvalue weighted by molar-refractivity contribution is 0.0945. The fourth-order valence-corrected chi connectivity index (χ4v) is 3.82. The number of fused-ring (bicyclic) bond motifs is 1. The summed E-state index contributed by atoms with van der Waals surface area (Å²) in [4.78, 5) is 15.4. The third kappa shape index (κ3) is 3.55. The van der Waals surface area contributed by atoms with E-state index in [9.17, 15) is 0 Å². The maximum Gasteiger partial charge on any atom is 0.222 e. The maximum atomic E-state index is 6.06. The number of ether oxygens (including phenoxy) is 1. The highest BCUT2D eigenvalue weighted by atomic mass is 16.5. The van der Waals surface area contributed by atoms with Crippen LogP contribution >= 0.6 is 0 Å². The van der Waals surface area contributed by atoms with E-state index in [-0.39, 0.29) is 6.10 Å². The van der Waals surface area contributed by atoms with Crippen LogP contribution in [-0.2, 0) is 11.3 Å². The van der Waals surface area contributed by atoms with Crippen LogP contribution in [0.25, 0.3) is 0 Å². The Morgan fingerprint density at radius 2 is 2.00 bits per heavy atom. The molecule has 2 aromatic rings. The Balaban J connectivity index is 1.30. The molecular weight excluding hydrogens is 302 g/mol. The molecule has 24 heavy (non-hydrogen) atoms. The van der Waals surface area contributed by atoms with Crippen LogP contribution in [0, 0.1) is 11.8 Å². The molecule has 6 heteroatoms. The van der Waals surface area contributed by atoms with Crippen molar-refractivity contribution < 1.29 is 4.74 Å². The molecule has 0 spiro atoms. The van der Waals surface area contributed by atoms with Gasteiger partial charge in [-0.25, -0.2) is 9.97 Å². The van der Waals surface area contributed by atoms with Crippen molar-refractivity contribution in [3.8, 4) is 0 Å². The number of likely N-dealkylation sites (tertiary alicyclic amines) is 1. The van der Waals surface area contributed by atoms with E-state index in [0.29, 0.717) is 17.8 Å². The minimum absolute atomic E-state index is 0.260. The number of nitrogens with one attached hydrogen (secondary N) is 1. The molecule has 1 N–H and O–H groups in total. The quantitative estimate of drug-likeness (QED) is 0.905. The highest BCUT2D eigenvalue weighted by molar-refractivity contribution is 5.22. The van der Waals surface area contributed by atoms with Crippen molar-refractivity contribution in [3.05, 3.63) is 48.5 Å². The average Bonchev–Trinajstić information content (AvgIpc) is 3.04. The molecule has 3 atom stereocenters. The number of nitrogens with zero attached hydrogens (tertiary/aromatic N) is 4. The molecule has 2 aliphatic rings. The first kappa shape index (κ1) is 15.5. The lowest BCUT2D eigenvalue weighted by Crippen LogP contribution is -2.42. The first-order valence-electron chi connectivity index (χ1n) is 8.63. The summed E-state index contributed by atoms with van der Waals surface area (Å²) in [5.41, 5.74) is 1.15. The van der Waals surface area contributed by atoms with E-state index >= 15 is 0 Å². The summed E-state index contributed by atoms with van der Waals surface area (Å²) in [6, 6.07) is 7.95.